The summed E-state index contributed by atoms with van der Waals surface area (Å²) < 4.78 is 47.2. The predicted molar refractivity (Wildman–Crippen MR) is 152 cm³/mol. The second-order valence-corrected chi connectivity index (χ2v) is 9.91. The zero-order valence-corrected chi connectivity index (χ0v) is 23.7. The molecule has 0 saturated heterocycles. The molecule has 0 saturated carbocycles. The first-order valence-corrected chi connectivity index (χ1v) is 13.8. The molecule has 0 aliphatic heterocycles. The molecule has 11 nitrogen and oxygen atoms in total. The highest BCUT2D eigenvalue weighted by Gasteiger charge is 2.31. The zero-order valence-electron chi connectivity index (χ0n) is 22.8. The van der Waals surface area contributed by atoms with Crippen molar-refractivity contribution in [2.24, 2.45) is 0 Å². The fourth-order valence-electron chi connectivity index (χ4n) is 4.04. The third-order valence-electron chi connectivity index (χ3n) is 6.07. The van der Waals surface area contributed by atoms with E-state index in [1.165, 1.54) is 41.8 Å². The Labute approximate surface area is 247 Å². The lowest BCUT2D eigenvalue weighted by atomic mass is 10.1. The maximum atomic E-state index is 13.5. The molecule has 0 radical (unpaired) electrons. The number of hydrogen-bond acceptors (Lipinski definition) is 8. The molecule has 0 aliphatic carbocycles. The lowest BCUT2D eigenvalue weighted by Crippen LogP contribution is -2.25. The van der Waals surface area contributed by atoms with E-state index in [0.29, 0.717) is 18.0 Å². The first-order chi connectivity index (χ1) is 20.5. The van der Waals surface area contributed by atoms with Crippen molar-refractivity contribution in [1.82, 2.24) is 20.1 Å². The van der Waals surface area contributed by atoms with Crippen molar-refractivity contribution in [2.75, 3.05) is 17.7 Å². The van der Waals surface area contributed by atoms with Gasteiger partial charge in [0.15, 0.2) is 11.0 Å². The standard InChI is InChI=1S/C28H25F3N6O5S/c1-3-42-21-12-10-19(11-13-21)33-25(38)16-43-27-35-34-24(36(27)20-7-4-6-18(14-20)28(29,30)31)15-32-26(39)22-8-5-9-23(17(22)2)37(40)41/h4-14H,3,15-16H2,1-2H3,(H,32,39)(H,33,38). The van der Waals surface area contributed by atoms with Gasteiger partial charge in [0.05, 0.1) is 35.1 Å². The van der Waals surface area contributed by atoms with Crippen molar-refractivity contribution in [3.05, 3.63) is 99.4 Å². The zero-order chi connectivity index (χ0) is 31.1. The average molecular weight is 615 g/mol. The monoisotopic (exact) mass is 614 g/mol. The van der Waals surface area contributed by atoms with Crippen LogP contribution in [-0.2, 0) is 17.5 Å². The number of benzene rings is 3. The van der Waals surface area contributed by atoms with Crippen molar-refractivity contribution < 1.29 is 32.4 Å². The van der Waals surface area contributed by atoms with Gasteiger partial charge in [-0.2, -0.15) is 13.2 Å². The van der Waals surface area contributed by atoms with Crippen LogP contribution in [0.1, 0.15) is 34.2 Å². The summed E-state index contributed by atoms with van der Waals surface area (Å²) in [5, 5.41) is 24.8. The van der Waals surface area contributed by atoms with E-state index in [1.807, 2.05) is 6.92 Å². The van der Waals surface area contributed by atoms with Crippen LogP contribution in [0, 0.1) is 17.0 Å². The summed E-state index contributed by atoms with van der Waals surface area (Å²) in [4.78, 5) is 36.2. The normalized spacial score (nSPS) is 11.2. The van der Waals surface area contributed by atoms with Gasteiger partial charge in [0, 0.05) is 22.9 Å². The molecular weight excluding hydrogens is 589 g/mol. The number of ether oxygens (including phenoxy) is 1. The van der Waals surface area contributed by atoms with Crippen molar-refractivity contribution in [2.45, 2.75) is 31.7 Å². The number of nitrogens with one attached hydrogen (secondary N) is 2. The molecular formula is C28H25F3N6O5S. The molecule has 1 aromatic heterocycles. The van der Waals surface area contributed by atoms with Crippen molar-refractivity contribution in [3.8, 4) is 11.4 Å². The van der Waals surface area contributed by atoms with Crippen LogP contribution in [0.4, 0.5) is 24.5 Å². The van der Waals surface area contributed by atoms with Crippen LogP contribution in [0.3, 0.4) is 0 Å². The molecule has 3 aromatic carbocycles. The highest BCUT2D eigenvalue weighted by Crippen LogP contribution is 2.32. The van der Waals surface area contributed by atoms with Gasteiger partial charge in [-0.25, -0.2) is 0 Å². The van der Waals surface area contributed by atoms with Gasteiger partial charge in [0.2, 0.25) is 5.91 Å². The lowest BCUT2D eigenvalue weighted by Gasteiger charge is -2.14. The Morgan fingerprint density at radius 3 is 2.47 bits per heavy atom. The van der Waals surface area contributed by atoms with Crippen molar-refractivity contribution >= 4 is 35.0 Å². The van der Waals surface area contributed by atoms with Gasteiger partial charge in [-0.15, -0.1) is 10.2 Å². The van der Waals surface area contributed by atoms with Crippen LogP contribution in [0.25, 0.3) is 5.69 Å². The van der Waals surface area contributed by atoms with E-state index < -0.39 is 28.5 Å². The SMILES string of the molecule is CCOc1ccc(NC(=O)CSc2nnc(CNC(=O)c3cccc([N+](=O)[O-])c3C)n2-c2cccc(C(F)(F)F)c2)cc1. The second-order valence-electron chi connectivity index (χ2n) is 8.97. The van der Waals surface area contributed by atoms with Crippen LogP contribution in [-0.4, -0.2) is 43.9 Å². The minimum Gasteiger partial charge on any atom is -0.494 e. The number of amides is 2. The Kier molecular flexibility index (Phi) is 9.65. The molecule has 0 aliphatic rings. The maximum absolute atomic E-state index is 13.5. The Morgan fingerprint density at radius 2 is 1.79 bits per heavy atom. The van der Waals surface area contributed by atoms with E-state index in [9.17, 15) is 32.9 Å². The quantitative estimate of drug-likeness (QED) is 0.127. The van der Waals surface area contributed by atoms with Crippen LogP contribution in [0.15, 0.2) is 71.9 Å². The van der Waals surface area contributed by atoms with Crippen LogP contribution in [0.2, 0.25) is 0 Å². The molecule has 4 aromatic rings. The Bertz CT molecular complexity index is 1640. The number of rotatable bonds is 11. The number of anilines is 1. The first-order valence-electron chi connectivity index (χ1n) is 12.8. The second kappa shape index (κ2) is 13.4. The fourth-order valence-corrected chi connectivity index (χ4v) is 4.81. The minimum absolute atomic E-state index is 0.0555. The highest BCUT2D eigenvalue weighted by molar-refractivity contribution is 7.99. The van der Waals surface area contributed by atoms with E-state index in [2.05, 4.69) is 20.8 Å². The largest absolute Gasteiger partial charge is 0.494 e. The molecule has 2 amide bonds. The summed E-state index contributed by atoms with van der Waals surface area (Å²) in [6, 6.07) is 15.3. The van der Waals surface area contributed by atoms with Gasteiger partial charge < -0.3 is 15.4 Å². The molecule has 2 N–H and O–H groups in total. The van der Waals surface area contributed by atoms with E-state index in [4.69, 9.17) is 4.74 Å². The number of alkyl halides is 3. The number of thioether (sulfide) groups is 1. The summed E-state index contributed by atoms with van der Waals surface area (Å²) in [6.07, 6.45) is -4.62. The molecule has 1 heterocycles. The Hall–Kier alpha value is -4.92. The maximum Gasteiger partial charge on any atom is 0.416 e. The number of halogens is 3. The molecule has 224 valence electrons. The van der Waals surface area contributed by atoms with Gasteiger partial charge in [-0.3, -0.25) is 24.3 Å². The Balaban J connectivity index is 1.56. The summed E-state index contributed by atoms with van der Waals surface area (Å²) >= 11 is 0.937. The number of hydrogen-bond donors (Lipinski definition) is 2. The number of aromatic nitrogens is 3. The smallest absolute Gasteiger partial charge is 0.416 e. The summed E-state index contributed by atoms with van der Waals surface area (Å²) in [5.74, 6) is -0.481. The lowest BCUT2D eigenvalue weighted by molar-refractivity contribution is -0.385. The molecule has 15 heteroatoms. The molecule has 4 rings (SSSR count). The first kappa shape index (κ1) is 31.0. The number of nitro benzene ring substituents is 1. The van der Waals surface area contributed by atoms with Crippen LogP contribution < -0.4 is 15.4 Å². The number of nitro groups is 1. The van der Waals surface area contributed by atoms with Crippen molar-refractivity contribution in [3.63, 3.8) is 0 Å². The van der Waals surface area contributed by atoms with Gasteiger partial charge in [0.1, 0.15) is 5.75 Å². The van der Waals surface area contributed by atoms with Gasteiger partial charge in [-0.1, -0.05) is 23.9 Å². The van der Waals surface area contributed by atoms with Crippen LogP contribution >= 0.6 is 11.8 Å². The van der Waals surface area contributed by atoms with E-state index >= 15 is 0 Å². The number of nitrogens with zero attached hydrogens (tertiary/aromatic N) is 4. The Morgan fingerprint density at radius 1 is 1.07 bits per heavy atom. The summed E-state index contributed by atoms with van der Waals surface area (Å²) in [7, 11) is 0. The van der Waals surface area contributed by atoms with E-state index in [0.717, 1.165) is 23.9 Å². The molecule has 0 bridgehead atoms. The van der Waals surface area contributed by atoms with Crippen LogP contribution in [0.5, 0.6) is 5.75 Å². The third kappa shape index (κ3) is 7.68. The molecule has 0 spiro atoms. The van der Waals surface area contributed by atoms with Gasteiger partial charge >= 0.3 is 6.18 Å². The summed E-state index contributed by atoms with van der Waals surface area (Å²) in [6.45, 7) is 3.51. The highest BCUT2D eigenvalue weighted by atomic mass is 32.2. The molecule has 0 fully saturated rings. The third-order valence-corrected chi connectivity index (χ3v) is 7.00. The number of carbonyl (C=O) groups excluding carboxylic acids is 2. The molecule has 43 heavy (non-hydrogen) atoms. The fraction of sp³-hybridized carbons (Fsp3) is 0.214. The number of carbonyl (C=O) groups is 2. The van der Waals surface area contributed by atoms with Gasteiger partial charge in [0.25, 0.3) is 11.6 Å². The minimum atomic E-state index is -4.62. The predicted octanol–water partition coefficient (Wildman–Crippen LogP) is 5.56. The molecule has 0 unspecified atom stereocenters. The van der Waals surface area contributed by atoms with E-state index in [-0.39, 0.29) is 45.8 Å². The van der Waals surface area contributed by atoms with E-state index in [1.54, 1.807) is 24.3 Å². The average Bonchev–Trinajstić information content (AvgIpc) is 3.38. The summed E-state index contributed by atoms with van der Waals surface area (Å²) in [5.41, 5.74) is -0.357. The van der Waals surface area contributed by atoms with Gasteiger partial charge in [-0.05, 0) is 62.4 Å². The topological polar surface area (TPSA) is 141 Å². The van der Waals surface area contributed by atoms with Crippen molar-refractivity contribution in [1.29, 1.82) is 0 Å². The molecule has 0 atom stereocenters.